The lowest BCUT2D eigenvalue weighted by atomic mass is 9.96. The van der Waals surface area contributed by atoms with E-state index in [1.807, 2.05) is 24.5 Å². The summed E-state index contributed by atoms with van der Waals surface area (Å²) in [6.07, 6.45) is 2.05. The lowest BCUT2D eigenvalue weighted by molar-refractivity contribution is 0.547. The number of nitrogens with one attached hydrogen (secondary N) is 2. The Labute approximate surface area is 129 Å². The number of benzene rings is 1. The first kappa shape index (κ1) is 15.6. The minimum absolute atomic E-state index is 0.150. The molecule has 0 amide bonds. The van der Waals surface area contributed by atoms with Crippen molar-refractivity contribution in [2.24, 2.45) is 5.84 Å². The molecule has 4 N–H and O–H groups in total. The zero-order valence-corrected chi connectivity index (χ0v) is 13.6. The Balaban J connectivity index is 2.39. The largest absolute Gasteiger partial charge is 0.339 e. The Morgan fingerprint density at radius 2 is 1.76 bits per heavy atom. The predicted octanol–water partition coefficient (Wildman–Crippen LogP) is 3.53. The van der Waals surface area contributed by atoms with Gasteiger partial charge in [0, 0.05) is 16.4 Å². The van der Waals surface area contributed by atoms with Crippen LogP contribution in [0.4, 0.5) is 17.3 Å². The molecule has 0 unspecified atom stereocenters. The average Bonchev–Trinajstić information content (AvgIpc) is 2.46. The third-order valence-electron chi connectivity index (χ3n) is 2.91. The first-order chi connectivity index (χ1) is 9.94. The van der Waals surface area contributed by atoms with Crippen molar-refractivity contribution in [2.75, 3.05) is 17.0 Å². The van der Waals surface area contributed by atoms with Crippen LogP contribution in [-0.4, -0.2) is 16.2 Å². The first-order valence-corrected chi connectivity index (χ1v) is 7.92. The molecule has 1 heterocycles. The van der Waals surface area contributed by atoms with Crippen molar-refractivity contribution in [2.45, 2.75) is 31.1 Å². The van der Waals surface area contributed by atoms with Crippen LogP contribution in [0.5, 0.6) is 0 Å². The number of nitrogen functional groups attached to an aromatic ring is 1. The Morgan fingerprint density at radius 3 is 2.38 bits per heavy atom. The van der Waals surface area contributed by atoms with Gasteiger partial charge in [-0.05, 0) is 18.4 Å². The number of aromatic nitrogens is 2. The molecule has 2 aromatic rings. The minimum Gasteiger partial charge on any atom is -0.339 e. The van der Waals surface area contributed by atoms with Gasteiger partial charge < -0.3 is 10.7 Å². The summed E-state index contributed by atoms with van der Waals surface area (Å²) in [4.78, 5) is 10.2. The maximum Gasteiger partial charge on any atom is 0.145 e. The smallest absolute Gasteiger partial charge is 0.145 e. The van der Waals surface area contributed by atoms with Gasteiger partial charge in [-0.15, -0.1) is 11.8 Å². The summed E-state index contributed by atoms with van der Waals surface area (Å²) in [5.74, 6) is 7.57. The van der Waals surface area contributed by atoms with Gasteiger partial charge in [0.2, 0.25) is 0 Å². The van der Waals surface area contributed by atoms with Gasteiger partial charge in [0.05, 0.1) is 5.69 Å². The van der Waals surface area contributed by atoms with Crippen molar-refractivity contribution in [1.82, 2.24) is 9.97 Å². The fourth-order valence-electron chi connectivity index (χ4n) is 1.81. The van der Waals surface area contributed by atoms with Crippen molar-refractivity contribution >= 4 is 29.1 Å². The van der Waals surface area contributed by atoms with Gasteiger partial charge in [-0.3, -0.25) is 0 Å². The zero-order chi connectivity index (χ0) is 15.5. The second kappa shape index (κ2) is 6.32. The molecule has 0 aliphatic rings. The number of hydrogen-bond donors (Lipinski definition) is 3. The van der Waals surface area contributed by atoms with Crippen molar-refractivity contribution in [3.63, 3.8) is 0 Å². The summed E-state index contributed by atoms with van der Waals surface area (Å²) in [5.41, 5.74) is 3.47. The highest BCUT2D eigenvalue weighted by Crippen LogP contribution is 2.29. The highest BCUT2D eigenvalue weighted by atomic mass is 32.2. The molecule has 1 aromatic heterocycles. The van der Waals surface area contributed by atoms with Crippen LogP contribution in [0.1, 0.15) is 26.6 Å². The monoisotopic (exact) mass is 303 g/mol. The maximum absolute atomic E-state index is 5.51. The Morgan fingerprint density at radius 1 is 1.10 bits per heavy atom. The third-order valence-corrected chi connectivity index (χ3v) is 3.71. The number of para-hydroxylation sites is 1. The standard InChI is InChI=1S/C15H21N5S/c1-15(2,3)14-18-12(9-13(19-14)20-16)17-10-7-5-6-8-11(10)21-4/h5-9H,16H2,1-4H3,(H2,17,18,19,20). The number of nitrogens with two attached hydrogens (primary N) is 1. The van der Waals surface area contributed by atoms with Crippen molar-refractivity contribution < 1.29 is 0 Å². The van der Waals surface area contributed by atoms with E-state index in [1.54, 1.807) is 17.8 Å². The molecule has 21 heavy (non-hydrogen) atoms. The summed E-state index contributed by atoms with van der Waals surface area (Å²) in [6.45, 7) is 6.22. The molecule has 0 spiro atoms. The SMILES string of the molecule is CSc1ccccc1Nc1cc(NN)nc(C(C)(C)C)n1. The van der Waals surface area contributed by atoms with Crippen LogP contribution in [0.25, 0.3) is 0 Å². The Bertz CT molecular complexity index is 622. The fourth-order valence-corrected chi connectivity index (χ4v) is 2.36. The molecule has 0 aliphatic carbocycles. The average molecular weight is 303 g/mol. The van der Waals surface area contributed by atoms with Gasteiger partial charge in [0.15, 0.2) is 0 Å². The number of hydrogen-bond acceptors (Lipinski definition) is 6. The molecule has 6 heteroatoms. The molecule has 0 radical (unpaired) electrons. The van der Waals surface area contributed by atoms with Gasteiger partial charge in [-0.25, -0.2) is 15.8 Å². The molecule has 0 saturated heterocycles. The summed E-state index contributed by atoms with van der Waals surface area (Å²) >= 11 is 1.69. The van der Waals surface area contributed by atoms with E-state index in [4.69, 9.17) is 5.84 Å². The summed E-state index contributed by atoms with van der Waals surface area (Å²) in [5, 5.41) is 3.34. The number of anilines is 3. The molecule has 0 bridgehead atoms. The van der Waals surface area contributed by atoms with Crippen LogP contribution < -0.4 is 16.6 Å². The molecule has 2 rings (SSSR count). The fraction of sp³-hybridized carbons (Fsp3) is 0.333. The van der Waals surface area contributed by atoms with E-state index < -0.39 is 0 Å². The Kier molecular flexibility index (Phi) is 4.69. The van der Waals surface area contributed by atoms with Gasteiger partial charge in [-0.2, -0.15) is 0 Å². The van der Waals surface area contributed by atoms with Crippen LogP contribution in [0.2, 0.25) is 0 Å². The maximum atomic E-state index is 5.51. The predicted molar refractivity (Wildman–Crippen MR) is 90.0 cm³/mol. The van der Waals surface area contributed by atoms with Crippen LogP contribution in [0.15, 0.2) is 35.2 Å². The lowest BCUT2D eigenvalue weighted by Crippen LogP contribution is -2.19. The topological polar surface area (TPSA) is 75.9 Å². The van der Waals surface area contributed by atoms with Crippen LogP contribution >= 0.6 is 11.8 Å². The summed E-state index contributed by atoms with van der Waals surface area (Å²) in [6, 6.07) is 9.91. The summed E-state index contributed by atoms with van der Waals surface area (Å²) in [7, 11) is 0. The van der Waals surface area contributed by atoms with Crippen LogP contribution in [-0.2, 0) is 5.41 Å². The van der Waals surface area contributed by atoms with E-state index >= 15 is 0 Å². The molecule has 5 nitrogen and oxygen atoms in total. The number of rotatable bonds is 4. The molecular weight excluding hydrogens is 282 g/mol. The quantitative estimate of drug-likeness (QED) is 0.456. The Hall–Kier alpha value is -1.79. The molecule has 0 saturated carbocycles. The van der Waals surface area contributed by atoms with Crippen molar-refractivity contribution in [3.8, 4) is 0 Å². The highest BCUT2D eigenvalue weighted by molar-refractivity contribution is 7.98. The van der Waals surface area contributed by atoms with E-state index in [-0.39, 0.29) is 5.41 Å². The number of hydrazine groups is 1. The van der Waals surface area contributed by atoms with E-state index in [1.165, 1.54) is 0 Å². The zero-order valence-electron chi connectivity index (χ0n) is 12.8. The molecule has 112 valence electrons. The van der Waals surface area contributed by atoms with Gasteiger partial charge in [0.1, 0.15) is 17.5 Å². The summed E-state index contributed by atoms with van der Waals surface area (Å²) < 4.78 is 0. The van der Waals surface area contributed by atoms with E-state index in [0.717, 1.165) is 22.2 Å². The molecule has 1 aromatic carbocycles. The molecule has 0 atom stereocenters. The number of nitrogens with zero attached hydrogens (tertiary/aromatic N) is 2. The van der Waals surface area contributed by atoms with Crippen molar-refractivity contribution in [1.29, 1.82) is 0 Å². The lowest BCUT2D eigenvalue weighted by Gasteiger charge is -2.19. The van der Waals surface area contributed by atoms with Gasteiger partial charge in [0.25, 0.3) is 0 Å². The van der Waals surface area contributed by atoms with Crippen molar-refractivity contribution in [3.05, 3.63) is 36.2 Å². The first-order valence-electron chi connectivity index (χ1n) is 6.70. The molecule has 0 fully saturated rings. The molecular formula is C15H21N5S. The second-order valence-electron chi connectivity index (χ2n) is 5.68. The van der Waals surface area contributed by atoms with Gasteiger partial charge in [-0.1, -0.05) is 32.9 Å². The van der Waals surface area contributed by atoms with E-state index in [9.17, 15) is 0 Å². The van der Waals surface area contributed by atoms with Crippen LogP contribution in [0.3, 0.4) is 0 Å². The third kappa shape index (κ3) is 3.86. The van der Waals surface area contributed by atoms with E-state index in [0.29, 0.717) is 5.82 Å². The number of thioether (sulfide) groups is 1. The normalized spacial score (nSPS) is 11.3. The second-order valence-corrected chi connectivity index (χ2v) is 6.53. The molecule has 0 aliphatic heterocycles. The minimum atomic E-state index is -0.150. The highest BCUT2D eigenvalue weighted by Gasteiger charge is 2.19. The van der Waals surface area contributed by atoms with Crippen LogP contribution in [0, 0.1) is 0 Å². The van der Waals surface area contributed by atoms with Gasteiger partial charge >= 0.3 is 0 Å². The van der Waals surface area contributed by atoms with E-state index in [2.05, 4.69) is 47.5 Å².